The zero-order valence-electron chi connectivity index (χ0n) is 20.7. The molecule has 0 unspecified atom stereocenters. The number of ether oxygens (including phenoxy) is 1. The molecule has 2 aromatic carbocycles. The first-order chi connectivity index (χ1) is 19.3. The molecule has 12 nitrogen and oxygen atoms in total. The zero-order valence-corrected chi connectivity index (χ0v) is 20.7. The number of H-pyrrole nitrogens is 1. The van der Waals surface area contributed by atoms with Gasteiger partial charge < -0.3 is 20.1 Å². The Bertz CT molecular complexity index is 1580. The van der Waals surface area contributed by atoms with Crippen molar-refractivity contribution in [3.05, 3.63) is 67.4 Å². The van der Waals surface area contributed by atoms with Gasteiger partial charge in [-0.05, 0) is 42.0 Å². The molecule has 4 heterocycles. The number of anilines is 3. The van der Waals surface area contributed by atoms with Gasteiger partial charge in [-0.3, -0.25) is 5.10 Å². The molecule has 0 spiro atoms. The van der Waals surface area contributed by atoms with Crippen LogP contribution < -0.4 is 10.2 Å². The molecule has 5 aromatic rings. The van der Waals surface area contributed by atoms with Crippen molar-refractivity contribution in [1.82, 2.24) is 34.9 Å². The highest BCUT2D eigenvalue weighted by Gasteiger charge is 2.38. The Morgan fingerprint density at radius 1 is 1.02 bits per heavy atom. The second-order valence-corrected chi connectivity index (χ2v) is 8.52. The summed E-state index contributed by atoms with van der Waals surface area (Å²) in [4.78, 5) is 24.6. The van der Waals surface area contributed by atoms with E-state index in [9.17, 15) is 13.2 Å². The van der Waals surface area contributed by atoms with Crippen molar-refractivity contribution in [3.8, 4) is 16.8 Å². The van der Waals surface area contributed by atoms with E-state index < -0.39 is 12.1 Å². The van der Waals surface area contributed by atoms with E-state index in [-0.39, 0.29) is 0 Å². The molecule has 15 heteroatoms. The van der Waals surface area contributed by atoms with E-state index in [1.165, 1.54) is 0 Å². The molecule has 1 fully saturated rings. The quantitative estimate of drug-likeness (QED) is 0.294. The van der Waals surface area contributed by atoms with Crippen molar-refractivity contribution < 1.29 is 27.8 Å². The van der Waals surface area contributed by atoms with Crippen LogP contribution in [0.1, 0.15) is 0 Å². The van der Waals surface area contributed by atoms with Gasteiger partial charge in [0.1, 0.15) is 6.33 Å². The van der Waals surface area contributed by atoms with E-state index >= 15 is 0 Å². The van der Waals surface area contributed by atoms with Gasteiger partial charge in [-0.2, -0.15) is 23.3 Å². The normalized spacial score (nSPS) is 13.5. The average Bonchev–Trinajstić information content (AvgIpc) is 3.67. The molecule has 0 bridgehead atoms. The second kappa shape index (κ2) is 11.4. The van der Waals surface area contributed by atoms with E-state index in [4.69, 9.17) is 14.6 Å². The molecule has 0 saturated carbocycles. The number of hydrogen-bond acceptors (Lipinski definition) is 9. The summed E-state index contributed by atoms with van der Waals surface area (Å²) in [6, 6.07) is 14.0. The van der Waals surface area contributed by atoms with Gasteiger partial charge in [-0.1, -0.05) is 6.07 Å². The number of aromatic amines is 1. The summed E-state index contributed by atoms with van der Waals surface area (Å²) in [5, 5.41) is 22.8. The first-order valence-electron chi connectivity index (χ1n) is 11.9. The van der Waals surface area contributed by atoms with Crippen LogP contribution in [0.4, 0.5) is 30.8 Å². The molecule has 40 heavy (non-hydrogen) atoms. The van der Waals surface area contributed by atoms with Crippen molar-refractivity contribution in [2.24, 2.45) is 0 Å². The molecule has 3 aromatic heterocycles. The largest absolute Gasteiger partial charge is 0.490 e. The first-order valence-corrected chi connectivity index (χ1v) is 11.9. The Labute approximate surface area is 224 Å². The summed E-state index contributed by atoms with van der Waals surface area (Å²) in [7, 11) is 0. The number of halogens is 3. The highest BCUT2D eigenvalue weighted by Crippen LogP contribution is 2.24. The highest BCUT2D eigenvalue weighted by molar-refractivity contribution is 5.84. The van der Waals surface area contributed by atoms with E-state index in [1.807, 2.05) is 48.8 Å². The number of carboxylic acids is 1. The third kappa shape index (κ3) is 6.32. The van der Waals surface area contributed by atoms with Crippen molar-refractivity contribution in [2.75, 3.05) is 36.5 Å². The van der Waals surface area contributed by atoms with Gasteiger partial charge in [-0.25, -0.2) is 19.4 Å². The number of hydrogen-bond donors (Lipinski definition) is 3. The molecule has 0 aliphatic carbocycles. The molecule has 206 valence electrons. The van der Waals surface area contributed by atoms with Crippen LogP contribution in [0.25, 0.3) is 27.7 Å². The summed E-state index contributed by atoms with van der Waals surface area (Å²) in [5.41, 5.74) is 4.79. The standard InChI is InChI=1S/C23H21N9O.C2HF3O2/c1-6-21-17(11-16(1)18-13-26-27-14-18)12-24-22(29-21)28-19-2-4-20(5-3-19)32-15-25-23(30-32)31-7-9-33-10-8-31;3-2(4,5)1(6)7/h1-6,11-15H,7-10H2,(H,26,27)(H,24,28,29);(H,6,7). The molecular weight excluding hydrogens is 531 g/mol. The lowest BCUT2D eigenvalue weighted by molar-refractivity contribution is -0.192. The topological polar surface area (TPSA) is 147 Å². The summed E-state index contributed by atoms with van der Waals surface area (Å²) < 4.78 is 38.9. The Hall–Kier alpha value is -5.05. The van der Waals surface area contributed by atoms with Crippen molar-refractivity contribution >= 4 is 34.5 Å². The molecule has 0 radical (unpaired) electrons. The highest BCUT2D eigenvalue weighted by atomic mass is 19.4. The maximum Gasteiger partial charge on any atom is 0.490 e. The van der Waals surface area contributed by atoms with Gasteiger partial charge in [0.2, 0.25) is 11.9 Å². The average molecular weight is 554 g/mol. The van der Waals surface area contributed by atoms with Crippen LogP contribution in [-0.2, 0) is 9.53 Å². The maximum atomic E-state index is 10.6. The maximum absolute atomic E-state index is 10.6. The fourth-order valence-corrected chi connectivity index (χ4v) is 3.80. The minimum absolute atomic E-state index is 0.543. The monoisotopic (exact) mass is 553 g/mol. The predicted octanol–water partition coefficient (Wildman–Crippen LogP) is 3.81. The summed E-state index contributed by atoms with van der Waals surface area (Å²) in [6.45, 7) is 3.03. The minimum atomic E-state index is -5.08. The molecule has 6 rings (SSSR count). The smallest absolute Gasteiger partial charge is 0.475 e. The van der Waals surface area contributed by atoms with Crippen LogP contribution in [0.5, 0.6) is 0 Å². The number of rotatable bonds is 5. The lowest BCUT2D eigenvalue weighted by Gasteiger charge is -2.25. The van der Waals surface area contributed by atoms with Gasteiger partial charge in [-0.15, -0.1) is 5.10 Å². The number of nitrogens with one attached hydrogen (secondary N) is 2. The number of carboxylic acid groups (broad SMARTS) is 1. The fraction of sp³-hybridized carbons (Fsp3) is 0.200. The molecule has 3 N–H and O–H groups in total. The van der Waals surface area contributed by atoms with Crippen LogP contribution in [0.3, 0.4) is 0 Å². The summed E-state index contributed by atoms with van der Waals surface area (Å²) in [6.07, 6.45) is 2.14. The number of carbonyl (C=O) groups is 1. The summed E-state index contributed by atoms with van der Waals surface area (Å²) in [5.74, 6) is -1.49. The molecule has 0 atom stereocenters. The number of alkyl halides is 3. The van der Waals surface area contributed by atoms with Crippen molar-refractivity contribution in [3.63, 3.8) is 0 Å². The predicted molar refractivity (Wildman–Crippen MR) is 138 cm³/mol. The lowest BCUT2D eigenvalue weighted by atomic mass is 10.1. The number of aliphatic carboxylic acids is 1. The number of aromatic nitrogens is 7. The first kappa shape index (κ1) is 26.6. The number of benzene rings is 2. The van der Waals surface area contributed by atoms with Crippen LogP contribution >= 0.6 is 0 Å². The van der Waals surface area contributed by atoms with E-state index in [0.717, 1.165) is 52.4 Å². The van der Waals surface area contributed by atoms with E-state index in [0.29, 0.717) is 19.2 Å². The van der Waals surface area contributed by atoms with Gasteiger partial charge in [0.05, 0.1) is 30.6 Å². The van der Waals surface area contributed by atoms with E-state index in [2.05, 4.69) is 46.5 Å². The Balaban J connectivity index is 0.000000411. The van der Waals surface area contributed by atoms with Gasteiger partial charge >= 0.3 is 12.1 Å². The molecule has 1 aliphatic heterocycles. The Morgan fingerprint density at radius 3 is 2.45 bits per heavy atom. The van der Waals surface area contributed by atoms with Crippen molar-refractivity contribution in [1.29, 1.82) is 0 Å². The molecule has 0 amide bonds. The molecule has 1 aliphatic rings. The molecular formula is C25H22F3N9O3. The Kier molecular flexibility index (Phi) is 7.54. The zero-order chi connectivity index (χ0) is 28.1. The third-order valence-corrected chi connectivity index (χ3v) is 5.82. The van der Waals surface area contributed by atoms with E-state index in [1.54, 1.807) is 17.2 Å². The Morgan fingerprint density at radius 2 is 1.77 bits per heavy atom. The lowest BCUT2D eigenvalue weighted by Crippen LogP contribution is -2.37. The van der Waals surface area contributed by atoms with Gasteiger partial charge in [0.15, 0.2) is 0 Å². The van der Waals surface area contributed by atoms with Gasteiger partial charge in [0.25, 0.3) is 0 Å². The fourth-order valence-electron chi connectivity index (χ4n) is 3.80. The van der Waals surface area contributed by atoms with Crippen LogP contribution in [0, 0.1) is 0 Å². The third-order valence-electron chi connectivity index (χ3n) is 5.82. The van der Waals surface area contributed by atoms with Gasteiger partial charge in [0, 0.05) is 42.1 Å². The van der Waals surface area contributed by atoms with Crippen LogP contribution in [0.15, 0.2) is 67.4 Å². The number of fused-ring (bicyclic) bond motifs is 1. The minimum Gasteiger partial charge on any atom is -0.475 e. The molecule has 1 saturated heterocycles. The summed E-state index contributed by atoms with van der Waals surface area (Å²) >= 11 is 0. The van der Waals surface area contributed by atoms with Crippen molar-refractivity contribution in [2.45, 2.75) is 6.18 Å². The SMILES string of the molecule is O=C(O)C(F)(F)F.c1cc(-n2cnc(N3CCOCC3)n2)ccc1Nc1ncc2cc(-c3cn[nH]c3)ccc2n1. The van der Waals surface area contributed by atoms with Crippen LogP contribution in [-0.4, -0.2) is 78.5 Å². The number of nitrogens with zero attached hydrogens (tertiary/aromatic N) is 7. The number of morpholine rings is 1. The van der Waals surface area contributed by atoms with Crippen LogP contribution in [0.2, 0.25) is 0 Å². The second-order valence-electron chi connectivity index (χ2n) is 8.52.